The number of carbonyl (C=O) groups excluding carboxylic acids is 2. The van der Waals surface area contributed by atoms with Crippen LogP contribution < -0.4 is 14.2 Å². The largest absolute Gasteiger partial charge is 0.497 e. The van der Waals surface area contributed by atoms with Crippen LogP contribution in [0.25, 0.3) is 0 Å². The fourth-order valence-electron chi connectivity index (χ4n) is 4.81. The highest BCUT2D eigenvalue weighted by molar-refractivity contribution is 5.80. The van der Waals surface area contributed by atoms with E-state index in [9.17, 15) is 14.0 Å². The van der Waals surface area contributed by atoms with Crippen LogP contribution >= 0.6 is 0 Å². The summed E-state index contributed by atoms with van der Waals surface area (Å²) in [6.45, 7) is 5.09. The molecule has 1 aliphatic rings. The van der Waals surface area contributed by atoms with Crippen LogP contribution in [0.1, 0.15) is 31.4 Å². The maximum absolute atomic E-state index is 14.3. The van der Waals surface area contributed by atoms with Crippen LogP contribution in [0.15, 0.2) is 72.8 Å². The summed E-state index contributed by atoms with van der Waals surface area (Å²) in [5.41, 5.74) is 0.431. The number of carbonyl (C=O) groups is 2. The molecule has 2 atom stereocenters. The Morgan fingerprint density at radius 3 is 2.32 bits per heavy atom. The first-order valence-electron chi connectivity index (χ1n) is 13.7. The molecule has 0 bridgehead atoms. The highest BCUT2D eigenvalue weighted by Crippen LogP contribution is 2.27. The molecule has 4 rings (SSSR count). The van der Waals surface area contributed by atoms with Crippen molar-refractivity contribution in [2.75, 3.05) is 33.9 Å². The molecule has 3 aromatic carbocycles. The van der Waals surface area contributed by atoms with Crippen molar-refractivity contribution in [1.82, 2.24) is 9.80 Å². The Labute approximate surface area is 240 Å². The number of amides is 2. The second-order valence-electron chi connectivity index (χ2n) is 10.2. The van der Waals surface area contributed by atoms with E-state index < -0.39 is 17.4 Å². The van der Waals surface area contributed by atoms with Gasteiger partial charge in [-0.3, -0.25) is 0 Å². The van der Waals surface area contributed by atoms with Crippen molar-refractivity contribution in [3.8, 4) is 17.2 Å². The summed E-state index contributed by atoms with van der Waals surface area (Å²) in [4.78, 5) is 29.2. The van der Waals surface area contributed by atoms with E-state index in [0.29, 0.717) is 31.9 Å². The van der Waals surface area contributed by atoms with Crippen LogP contribution in [-0.2, 0) is 22.5 Å². The van der Waals surface area contributed by atoms with Gasteiger partial charge in [-0.25, -0.2) is 14.0 Å². The SMILES string of the molecule is CCOC(=O)[C@@](C)(Cc1ccc(OCC[C@H]2CN(Cc3ccc(OC)cc3)C(=O)N2C)cc1)Oc1ccccc1F. The lowest BCUT2D eigenvalue weighted by molar-refractivity contribution is -0.160. The number of likely N-dealkylation sites (N-methyl/N-ethyl adjacent to an activating group) is 1. The van der Waals surface area contributed by atoms with Crippen LogP contribution in [0.3, 0.4) is 0 Å². The predicted octanol–water partition coefficient (Wildman–Crippen LogP) is 5.48. The monoisotopic (exact) mass is 564 g/mol. The summed E-state index contributed by atoms with van der Waals surface area (Å²) >= 11 is 0. The Hall–Kier alpha value is -4.27. The second-order valence-corrected chi connectivity index (χ2v) is 10.2. The summed E-state index contributed by atoms with van der Waals surface area (Å²) in [7, 11) is 3.45. The van der Waals surface area contributed by atoms with Crippen molar-refractivity contribution in [2.24, 2.45) is 0 Å². The van der Waals surface area contributed by atoms with E-state index in [-0.39, 0.29) is 30.9 Å². The molecule has 0 aromatic heterocycles. The Bertz CT molecular complexity index is 1320. The smallest absolute Gasteiger partial charge is 0.350 e. The first-order chi connectivity index (χ1) is 19.7. The molecule has 1 aliphatic heterocycles. The molecule has 0 radical (unpaired) electrons. The summed E-state index contributed by atoms with van der Waals surface area (Å²) in [5, 5.41) is 0. The van der Waals surface area contributed by atoms with Crippen molar-refractivity contribution >= 4 is 12.0 Å². The number of urea groups is 1. The molecule has 0 saturated carbocycles. The molecule has 3 aromatic rings. The molecule has 2 amide bonds. The molecule has 0 N–H and O–H groups in total. The Morgan fingerprint density at radius 1 is 1.00 bits per heavy atom. The van der Waals surface area contributed by atoms with Crippen LogP contribution in [-0.4, -0.2) is 67.4 Å². The number of para-hydroxylation sites is 1. The van der Waals surface area contributed by atoms with E-state index in [2.05, 4.69) is 0 Å². The van der Waals surface area contributed by atoms with Gasteiger partial charge in [0.25, 0.3) is 0 Å². The number of rotatable bonds is 13. The number of nitrogens with zero attached hydrogens (tertiary/aromatic N) is 2. The van der Waals surface area contributed by atoms with E-state index in [4.69, 9.17) is 18.9 Å². The third kappa shape index (κ3) is 7.48. The Kier molecular flexibility index (Phi) is 9.70. The van der Waals surface area contributed by atoms with E-state index in [1.54, 1.807) is 38.0 Å². The highest BCUT2D eigenvalue weighted by atomic mass is 19.1. The summed E-state index contributed by atoms with van der Waals surface area (Å²) in [6, 6.07) is 21.1. The standard InChI is InChI=1S/C32H37FN2O6/c1-5-39-30(36)32(2,41-29-9-7-6-8-28(29)33)20-23-10-16-27(17-11-23)40-19-18-25-22-35(31(37)34(25)3)21-24-12-14-26(38-4)15-13-24/h6-17,25H,5,18-22H2,1-4H3/t25-,32+/m0/s1. The van der Waals surface area contributed by atoms with Crippen molar-refractivity contribution < 1.29 is 32.9 Å². The summed E-state index contributed by atoms with van der Waals surface area (Å²) < 4.78 is 36.5. The lowest BCUT2D eigenvalue weighted by atomic mass is 9.96. The van der Waals surface area contributed by atoms with Crippen molar-refractivity contribution in [3.05, 3.63) is 89.7 Å². The van der Waals surface area contributed by atoms with Gasteiger partial charge in [0.1, 0.15) is 11.5 Å². The average Bonchev–Trinajstić information content (AvgIpc) is 3.23. The minimum Gasteiger partial charge on any atom is -0.497 e. The van der Waals surface area contributed by atoms with Gasteiger partial charge in [0.15, 0.2) is 11.6 Å². The van der Waals surface area contributed by atoms with E-state index >= 15 is 0 Å². The zero-order chi connectivity index (χ0) is 29.4. The number of esters is 1. The number of benzene rings is 3. The number of ether oxygens (including phenoxy) is 4. The van der Waals surface area contributed by atoms with Crippen molar-refractivity contribution in [1.29, 1.82) is 0 Å². The zero-order valence-electron chi connectivity index (χ0n) is 24.0. The van der Waals surface area contributed by atoms with Crippen molar-refractivity contribution in [3.63, 3.8) is 0 Å². The minimum atomic E-state index is -1.42. The quantitative estimate of drug-likeness (QED) is 0.256. The maximum atomic E-state index is 14.3. The molecule has 9 heteroatoms. The number of hydrogen-bond acceptors (Lipinski definition) is 6. The first kappa shape index (κ1) is 29.7. The molecule has 1 heterocycles. The van der Waals surface area contributed by atoms with Gasteiger partial charge in [-0.2, -0.15) is 0 Å². The summed E-state index contributed by atoms with van der Waals surface area (Å²) in [5.74, 6) is 0.320. The third-order valence-corrected chi connectivity index (χ3v) is 7.15. The molecule has 8 nitrogen and oxygen atoms in total. The second kappa shape index (κ2) is 13.4. The molecule has 0 unspecified atom stereocenters. The van der Waals surface area contributed by atoms with Crippen LogP contribution in [0.4, 0.5) is 9.18 Å². The third-order valence-electron chi connectivity index (χ3n) is 7.15. The molecular weight excluding hydrogens is 527 g/mol. The molecule has 1 fully saturated rings. The van der Waals surface area contributed by atoms with Gasteiger partial charge in [0.05, 0.1) is 26.4 Å². The van der Waals surface area contributed by atoms with Gasteiger partial charge in [-0.15, -0.1) is 0 Å². The molecule has 218 valence electrons. The van der Waals surface area contributed by atoms with Gasteiger partial charge in [-0.05, 0) is 61.4 Å². The maximum Gasteiger partial charge on any atom is 0.350 e. The highest BCUT2D eigenvalue weighted by Gasteiger charge is 2.38. The van der Waals surface area contributed by atoms with Crippen LogP contribution in [0, 0.1) is 5.82 Å². The zero-order valence-corrected chi connectivity index (χ0v) is 24.0. The average molecular weight is 565 g/mol. The molecular formula is C32H37FN2O6. The fourth-order valence-corrected chi connectivity index (χ4v) is 4.81. The van der Waals surface area contributed by atoms with E-state index in [1.807, 2.05) is 60.5 Å². The molecule has 41 heavy (non-hydrogen) atoms. The predicted molar refractivity (Wildman–Crippen MR) is 153 cm³/mol. The van der Waals surface area contributed by atoms with Crippen LogP contribution in [0.5, 0.6) is 17.2 Å². The lowest BCUT2D eigenvalue weighted by Crippen LogP contribution is -2.45. The normalized spacial score (nSPS) is 16.3. The van der Waals surface area contributed by atoms with Gasteiger partial charge < -0.3 is 28.7 Å². The Morgan fingerprint density at radius 2 is 1.66 bits per heavy atom. The van der Waals surface area contributed by atoms with Crippen molar-refractivity contribution in [2.45, 2.75) is 44.9 Å². The number of methoxy groups -OCH3 is 1. The van der Waals surface area contributed by atoms with E-state index in [1.165, 1.54) is 12.1 Å². The Balaban J connectivity index is 1.31. The fraction of sp³-hybridized carbons (Fsp3) is 0.375. The lowest BCUT2D eigenvalue weighted by Gasteiger charge is -2.28. The minimum absolute atomic E-state index is 0.00239. The van der Waals surface area contributed by atoms with Gasteiger partial charge in [0.2, 0.25) is 5.60 Å². The first-order valence-corrected chi connectivity index (χ1v) is 13.7. The van der Waals surface area contributed by atoms with Gasteiger partial charge in [0, 0.05) is 33.0 Å². The van der Waals surface area contributed by atoms with Gasteiger partial charge in [-0.1, -0.05) is 36.4 Å². The summed E-state index contributed by atoms with van der Waals surface area (Å²) in [6.07, 6.45) is 0.861. The van der Waals surface area contributed by atoms with Gasteiger partial charge >= 0.3 is 12.0 Å². The van der Waals surface area contributed by atoms with Crippen LogP contribution in [0.2, 0.25) is 0 Å². The molecule has 0 spiro atoms. The number of halogens is 1. The molecule has 0 aliphatic carbocycles. The number of hydrogen-bond donors (Lipinski definition) is 0. The topological polar surface area (TPSA) is 77.5 Å². The molecule has 1 saturated heterocycles. The van der Waals surface area contributed by atoms with E-state index in [0.717, 1.165) is 16.9 Å².